The second kappa shape index (κ2) is 9.73. The minimum Gasteiger partial charge on any atom is -0.450 e. The van der Waals surface area contributed by atoms with Crippen LogP contribution >= 0.6 is 46.9 Å². The van der Waals surface area contributed by atoms with Gasteiger partial charge in [-0.05, 0) is 43.4 Å². The third-order valence-electron chi connectivity index (χ3n) is 4.08. The molecule has 3 rings (SSSR count). The summed E-state index contributed by atoms with van der Waals surface area (Å²) in [5, 5.41) is 5.14. The average molecular weight is 459 g/mol. The van der Waals surface area contributed by atoms with Crippen molar-refractivity contribution < 1.29 is 14.3 Å². The van der Waals surface area contributed by atoms with E-state index in [1.807, 2.05) is 12.1 Å². The van der Waals surface area contributed by atoms with E-state index < -0.39 is 0 Å². The summed E-state index contributed by atoms with van der Waals surface area (Å²) in [5.41, 5.74) is 0.832. The lowest BCUT2D eigenvalue weighted by Crippen LogP contribution is -2.51. The van der Waals surface area contributed by atoms with Crippen LogP contribution in [0, 0.1) is 3.95 Å². The lowest BCUT2D eigenvalue weighted by atomic mass is 10.3. The number of carbonyl (C=O) groups is 2. The Hall–Kier alpha value is -1.62. The van der Waals surface area contributed by atoms with Crippen molar-refractivity contribution in [3.63, 3.8) is 0 Å². The van der Waals surface area contributed by atoms with E-state index >= 15 is 0 Å². The van der Waals surface area contributed by atoms with E-state index in [0.29, 0.717) is 41.8 Å². The van der Waals surface area contributed by atoms with Crippen molar-refractivity contribution >= 4 is 58.9 Å². The molecule has 2 amide bonds. The van der Waals surface area contributed by atoms with Crippen LogP contribution in [0.25, 0.3) is 5.69 Å². The Bertz CT molecular complexity index is 892. The first-order valence-electron chi connectivity index (χ1n) is 8.66. The number of amides is 2. The molecule has 150 valence electrons. The number of halogens is 1. The molecule has 2 aromatic rings. The zero-order valence-electron chi connectivity index (χ0n) is 15.2. The van der Waals surface area contributed by atoms with Crippen molar-refractivity contribution in [2.45, 2.75) is 11.3 Å². The number of rotatable bonds is 5. The number of nitrogens with zero attached hydrogens (tertiary/aromatic N) is 4. The highest BCUT2D eigenvalue weighted by molar-refractivity contribution is 8.01. The van der Waals surface area contributed by atoms with Crippen LogP contribution in [0.4, 0.5) is 4.79 Å². The molecule has 0 unspecified atom stereocenters. The van der Waals surface area contributed by atoms with Gasteiger partial charge in [0.05, 0.1) is 18.0 Å². The van der Waals surface area contributed by atoms with Gasteiger partial charge in [-0.1, -0.05) is 34.7 Å². The molecule has 0 radical (unpaired) electrons. The third kappa shape index (κ3) is 5.25. The summed E-state index contributed by atoms with van der Waals surface area (Å²) in [6.45, 7) is 4.11. The van der Waals surface area contributed by atoms with Crippen LogP contribution < -0.4 is 0 Å². The first kappa shape index (κ1) is 21.1. The van der Waals surface area contributed by atoms with Crippen LogP contribution in [-0.4, -0.2) is 70.1 Å². The van der Waals surface area contributed by atoms with Crippen molar-refractivity contribution in [1.82, 2.24) is 19.6 Å². The smallest absolute Gasteiger partial charge is 0.409 e. The molecule has 0 atom stereocenters. The van der Waals surface area contributed by atoms with Gasteiger partial charge in [-0.2, -0.15) is 0 Å². The molecule has 1 fully saturated rings. The second-order valence-corrected chi connectivity index (χ2v) is 9.16. The van der Waals surface area contributed by atoms with E-state index in [1.165, 1.54) is 23.1 Å². The highest BCUT2D eigenvalue weighted by Crippen LogP contribution is 2.25. The Morgan fingerprint density at radius 1 is 1.21 bits per heavy atom. The summed E-state index contributed by atoms with van der Waals surface area (Å²) in [5.74, 6) is 0.301. The fourth-order valence-electron chi connectivity index (χ4n) is 2.63. The molecule has 7 nitrogen and oxygen atoms in total. The normalized spacial score (nSPS) is 14.2. The molecular weight excluding hydrogens is 440 g/mol. The van der Waals surface area contributed by atoms with Gasteiger partial charge in [0, 0.05) is 31.2 Å². The minimum atomic E-state index is -0.323. The van der Waals surface area contributed by atoms with Crippen molar-refractivity contribution in [2.75, 3.05) is 38.5 Å². The lowest BCUT2D eigenvalue weighted by Gasteiger charge is -2.33. The predicted octanol–water partition coefficient (Wildman–Crippen LogP) is 3.71. The summed E-state index contributed by atoms with van der Waals surface area (Å²) in [7, 11) is 0. The molecule has 1 saturated heterocycles. The van der Waals surface area contributed by atoms with Crippen LogP contribution in [0.5, 0.6) is 0 Å². The monoisotopic (exact) mass is 458 g/mol. The summed E-state index contributed by atoms with van der Waals surface area (Å²) in [6.07, 6.45) is -0.323. The van der Waals surface area contributed by atoms with Gasteiger partial charge in [0.2, 0.25) is 5.91 Å². The maximum atomic E-state index is 12.5. The highest BCUT2D eigenvalue weighted by atomic mass is 35.5. The second-order valence-electron chi connectivity index (χ2n) is 5.88. The van der Waals surface area contributed by atoms with Crippen molar-refractivity contribution in [2.24, 2.45) is 0 Å². The molecular formula is C17H19ClN4O3S3. The number of aromatic nitrogens is 2. The first-order valence-corrected chi connectivity index (χ1v) is 11.2. The highest BCUT2D eigenvalue weighted by Gasteiger charge is 2.25. The summed E-state index contributed by atoms with van der Waals surface area (Å²) < 4.78 is 8.01. The van der Waals surface area contributed by atoms with Crippen molar-refractivity contribution in [3.8, 4) is 5.69 Å². The maximum Gasteiger partial charge on any atom is 0.409 e. The number of thioether (sulfide) groups is 1. The minimum absolute atomic E-state index is 0.0210. The molecule has 0 saturated carbocycles. The first-order chi connectivity index (χ1) is 13.5. The van der Waals surface area contributed by atoms with Crippen LogP contribution in [0.1, 0.15) is 6.92 Å². The topological polar surface area (TPSA) is 67.7 Å². The van der Waals surface area contributed by atoms with Crippen LogP contribution in [0.3, 0.4) is 0 Å². The Morgan fingerprint density at radius 2 is 1.86 bits per heavy atom. The van der Waals surface area contributed by atoms with Crippen molar-refractivity contribution in [3.05, 3.63) is 33.2 Å². The molecule has 0 spiro atoms. The van der Waals surface area contributed by atoms with E-state index in [0.717, 1.165) is 10.0 Å². The van der Waals surface area contributed by atoms with E-state index in [1.54, 1.807) is 33.5 Å². The van der Waals surface area contributed by atoms with Gasteiger partial charge in [-0.3, -0.25) is 4.79 Å². The van der Waals surface area contributed by atoms with Gasteiger partial charge in [0.1, 0.15) is 0 Å². The fraction of sp³-hybridized carbons (Fsp3) is 0.412. The van der Waals surface area contributed by atoms with Gasteiger partial charge in [-0.25, -0.2) is 9.48 Å². The van der Waals surface area contributed by atoms with Gasteiger partial charge in [-0.15, -0.1) is 5.10 Å². The molecule has 0 N–H and O–H groups in total. The molecule has 1 aliphatic heterocycles. The van der Waals surface area contributed by atoms with Gasteiger partial charge < -0.3 is 14.5 Å². The maximum absolute atomic E-state index is 12.5. The Balaban J connectivity index is 1.53. The van der Waals surface area contributed by atoms with Gasteiger partial charge in [0.25, 0.3) is 0 Å². The standard InChI is InChI=1S/C17H19ClN4O3S3/c1-2-25-16(24)21-9-7-20(8-10-21)14(23)11-27-15-19-22(17(26)28-15)13-5-3-12(18)4-6-13/h3-6H,2,7-11H2,1H3. The van der Waals surface area contributed by atoms with Crippen molar-refractivity contribution in [1.29, 1.82) is 0 Å². The summed E-state index contributed by atoms with van der Waals surface area (Å²) >= 11 is 14.0. The molecule has 0 aliphatic carbocycles. The fourth-order valence-corrected chi connectivity index (χ4v) is 5.02. The quantitative estimate of drug-likeness (QED) is 0.502. The lowest BCUT2D eigenvalue weighted by molar-refractivity contribution is -0.129. The Kier molecular flexibility index (Phi) is 7.33. The SMILES string of the molecule is CCOC(=O)N1CCN(C(=O)CSc2nn(-c3ccc(Cl)cc3)c(=S)s2)CC1. The van der Waals surface area contributed by atoms with Crippen LogP contribution in [0.2, 0.25) is 5.02 Å². The summed E-state index contributed by atoms with van der Waals surface area (Å²) in [4.78, 5) is 27.6. The molecule has 1 aliphatic rings. The third-order valence-corrected chi connectivity index (χ3v) is 6.68. The molecule has 0 bridgehead atoms. The number of carbonyl (C=O) groups excluding carboxylic acids is 2. The van der Waals surface area contributed by atoms with E-state index in [4.69, 9.17) is 28.6 Å². The molecule has 11 heteroatoms. The van der Waals surface area contributed by atoms with E-state index in [-0.39, 0.29) is 17.8 Å². The van der Waals surface area contributed by atoms with E-state index in [9.17, 15) is 9.59 Å². The molecule has 1 aromatic heterocycles. The molecule has 2 heterocycles. The molecule has 1 aromatic carbocycles. The average Bonchev–Trinajstić information content (AvgIpc) is 3.07. The Morgan fingerprint density at radius 3 is 2.50 bits per heavy atom. The van der Waals surface area contributed by atoms with Crippen LogP contribution in [0.15, 0.2) is 28.6 Å². The van der Waals surface area contributed by atoms with Crippen LogP contribution in [-0.2, 0) is 9.53 Å². The molecule has 28 heavy (non-hydrogen) atoms. The van der Waals surface area contributed by atoms with E-state index in [2.05, 4.69) is 5.10 Å². The zero-order chi connectivity index (χ0) is 20.1. The number of ether oxygens (including phenoxy) is 1. The number of piperazine rings is 1. The number of benzene rings is 1. The summed E-state index contributed by atoms with van der Waals surface area (Å²) in [6, 6.07) is 7.26. The largest absolute Gasteiger partial charge is 0.450 e. The Labute approximate surface area is 181 Å². The predicted molar refractivity (Wildman–Crippen MR) is 113 cm³/mol. The zero-order valence-corrected chi connectivity index (χ0v) is 18.4. The number of hydrogen-bond donors (Lipinski definition) is 0. The number of hydrogen-bond acceptors (Lipinski definition) is 7. The van der Waals surface area contributed by atoms with Gasteiger partial charge >= 0.3 is 6.09 Å². The van der Waals surface area contributed by atoms with Gasteiger partial charge in [0.15, 0.2) is 8.29 Å².